The van der Waals surface area contributed by atoms with Crippen molar-refractivity contribution in [1.29, 1.82) is 0 Å². The van der Waals surface area contributed by atoms with Gasteiger partial charge < -0.3 is 34.3 Å². The highest BCUT2D eigenvalue weighted by Crippen LogP contribution is 2.49. The highest BCUT2D eigenvalue weighted by atomic mass is 16.5. The van der Waals surface area contributed by atoms with E-state index in [4.69, 9.17) is 23.7 Å². The SMILES string of the molecule is C[NH2+][C@H]1CCc2cc(OC)c(OC)c(OC)c2-c2ccc(NCCc3ccc(OC)c(OC)c3)c(=O)cc21. The number of nitrogens with two attached hydrogens (primary N) is 1. The van der Waals surface area contributed by atoms with Gasteiger partial charge in [-0.05, 0) is 59.9 Å². The van der Waals surface area contributed by atoms with E-state index in [1.54, 1.807) is 41.6 Å². The molecule has 8 heteroatoms. The molecule has 1 atom stereocenters. The number of anilines is 1. The number of hydrogen-bond acceptors (Lipinski definition) is 7. The number of benzene rings is 2. The van der Waals surface area contributed by atoms with Crippen molar-refractivity contribution in [1.82, 2.24) is 0 Å². The van der Waals surface area contributed by atoms with Crippen LogP contribution in [-0.2, 0) is 12.8 Å². The monoisotopic (exact) mass is 521 g/mol. The minimum Gasteiger partial charge on any atom is -0.493 e. The molecule has 0 spiro atoms. The van der Waals surface area contributed by atoms with Crippen molar-refractivity contribution >= 4 is 5.69 Å². The maximum absolute atomic E-state index is 13.4. The van der Waals surface area contributed by atoms with Crippen molar-refractivity contribution in [2.24, 2.45) is 0 Å². The van der Waals surface area contributed by atoms with Gasteiger partial charge in [-0.15, -0.1) is 0 Å². The number of quaternary nitrogens is 1. The van der Waals surface area contributed by atoms with Crippen LogP contribution in [0.25, 0.3) is 11.1 Å². The first-order chi connectivity index (χ1) is 18.5. The Morgan fingerprint density at radius 3 is 2.24 bits per heavy atom. The zero-order chi connectivity index (χ0) is 27.2. The lowest BCUT2D eigenvalue weighted by atomic mass is 9.95. The molecule has 1 aliphatic carbocycles. The van der Waals surface area contributed by atoms with Crippen LogP contribution in [0.2, 0.25) is 0 Å². The van der Waals surface area contributed by atoms with Crippen LogP contribution < -0.4 is 39.7 Å². The van der Waals surface area contributed by atoms with Crippen molar-refractivity contribution in [3.05, 3.63) is 69.4 Å². The Labute approximate surface area is 223 Å². The highest BCUT2D eigenvalue weighted by Gasteiger charge is 2.29. The highest BCUT2D eigenvalue weighted by molar-refractivity contribution is 5.82. The van der Waals surface area contributed by atoms with Gasteiger partial charge in [-0.1, -0.05) is 12.1 Å². The van der Waals surface area contributed by atoms with Gasteiger partial charge >= 0.3 is 0 Å². The number of rotatable bonds is 10. The first-order valence-corrected chi connectivity index (χ1v) is 12.7. The molecule has 0 fully saturated rings. The van der Waals surface area contributed by atoms with Crippen molar-refractivity contribution in [3.63, 3.8) is 0 Å². The van der Waals surface area contributed by atoms with E-state index in [9.17, 15) is 4.79 Å². The summed E-state index contributed by atoms with van der Waals surface area (Å²) in [4.78, 5) is 13.4. The molecule has 0 saturated carbocycles. The molecular formula is C30H37N2O6+. The molecule has 3 N–H and O–H groups in total. The number of ether oxygens (including phenoxy) is 5. The summed E-state index contributed by atoms with van der Waals surface area (Å²) >= 11 is 0. The van der Waals surface area contributed by atoms with E-state index in [-0.39, 0.29) is 11.5 Å². The maximum Gasteiger partial charge on any atom is 0.203 e. The lowest BCUT2D eigenvalue weighted by Crippen LogP contribution is -2.81. The Morgan fingerprint density at radius 1 is 0.842 bits per heavy atom. The third kappa shape index (κ3) is 5.22. The molecule has 0 unspecified atom stereocenters. The van der Waals surface area contributed by atoms with Gasteiger partial charge in [0.2, 0.25) is 11.2 Å². The summed E-state index contributed by atoms with van der Waals surface area (Å²) in [6.07, 6.45) is 2.42. The molecule has 0 bridgehead atoms. The molecule has 4 rings (SSSR count). The number of nitrogens with one attached hydrogen (secondary N) is 1. The van der Waals surface area contributed by atoms with E-state index in [2.05, 4.69) is 10.6 Å². The third-order valence-electron chi connectivity index (χ3n) is 7.16. The van der Waals surface area contributed by atoms with Crippen molar-refractivity contribution in [2.75, 3.05) is 54.5 Å². The first kappa shape index (κ1) is 27.1. The molecule has 202 valence electrons. The second-order valence-corrected chi connectivity index (χ2v) is 9.15. The van der Waals surface area contributed by atoms with Crippen LogP contribution in [0.15, 0.2) is 47.3 Å². The third-order valence-corrected chi connectivity index (χ3v) is 7.16. The smallest absolute Gasteiger partial charge is 0.203 e. The Morgan fingerprint density at radius 2 is 1.58 bits per heavy atom. The fraction of sp³-hybridized carbons (Fsp3) is 0.367. The average Bonchev–Trinajstić information content (AvgIpc) is 3.19. The van der Waals surface area contributed by atoms with E-state index in [1.807, 2.05) is 43.4 Å². The predicted molar refractivity (Wildman–Crippen MR) is 148 cm³/mol. The molecule has 0 aromatic heterocycles. The van der Waals surface area contributed by atoms with E-state index in [1.165, 1.54) is 0 Å². The molecule has 3 aromatic rings. The van der Waals surface area contributed by atoms with Crippen molar-refractivity contribution in [3.8, 4) is 39.9 Å². The Hall–Kier alpha value is -3.91. The largest absolute Gasteiger partial charge is 0.493 e. The number of aryl methyl sites for hydroxylation is 1. The molecule has 0 heterocycles. The van der Waals surface area contributed by atoms with Gasteiger partial charge in [0.15, 0.2) is 23.0 Å². The van der Waals surface area contributed by atoms with Crippen LogP contribution in [0.1, 0.15) is 29.2 Å². The fourth-order valence-corrected chi connectivity index (χ4v) is 5.21. The standard InChI is InChI=1S/C30H36N2O6/c1-31-22-10-8-19-16-27(36-4)29(37-5)30(38-6)28(19)20-9-11-23(24(33)17-21(20)22)32-14-13-18-7-12-25(34-2)26(15-18)35-3/h7,9,11-12,15-17,22,31H,8,10,13-14H2,1-6H3,(H,32,33)/p+1/t22-/m0/s1. The van der Waals surface area contributed by atoms with E-state index >= 15 is 0 Å². The van der Waals surface area contributed by atoms with E-state index in [0.29, 0.717) is 41.0 Å². The summed E-state index contributed by atoms with van der Waals surface area (Å²) in [6.45, 7) is 0.591. The van der Waals surface area contributed by atoms with Gasteiger partial charge in [-0.25, -0.2) is 0 Å². The van der Waals surface area contributed by atoms with Gasteiger partial charge in [0.25, 0.3) is 0 Å². The minimum atomic E-state index is -0.0479. The number of fused-ring (bicyclic) bond motifs is 3. The van der Waals surface area contributed by atoms with Crippen LogP contribution in [-0.4, -0.2) is 49.1 Å². The van der Waals surface area contributed by atoms with Crippen molar-refractivity contribution < 1.29 is 29.0 Å². The van der Waals surface area contributed by atoms with E-state index < -0.39 is 0 Å². The molecule has 0 aliphatic heterocycles. The van der Waals surface area contributed by atoms with E-state index in [0.717, 1.165) is 47.1 Å². The predicted octanol–water partition coefficient (Wildman–Crippen LogP) is 3.59. The average molecular weight is 522 g/mol. The van der Waals surface area contributed by atoms with Crippen LogP contribution in [0.5, 0.6) is 28.7 Å². The molecule has 0 radical (unpaired) electrons. The minimum absolute atomic E-state index is 0.0479. The summed E-state index contributed by atoms with van der Waals surface area (Å²) in [5.41, 5.74) is 5.57. The normalized spacial score (nSPS) is 14.0. The molecular weight excluding hydrogens is 484 g/mol. The summed E-state index contributed by atoms with van der Waals surface area (Å²) in [5.74, 6) is 3.16. The zero-order valence-corrected chi connectivity index (χ0v) is 23.0. The number of methoxy groups -OCH3 is 5. The van der Waals surface area contributed by atoms with Gasteiger partial charge in [0.05, 0.1) is 48.3 Å². The fourth-order valence-electron chi connectivity index (χ4n) is 5.21. The molecule has 0 amide bonds. The Balaban J connectivity index is 1.73. The van der Waals surface area contributed by atoms with Gasteiger partial charge in [-0.2, -0.15) is 0 Å². The summed E-state index contributed by atoms with van der Waals surface area (Å²) in [6, 6.07) is 13.6. The van der Waals surface area contributed by atoms with Crippen LogP contribution in [0, 0.1) is 0 Å². The van der Waals surface area contributed by atoms with Crippen LogP contribution in [0.3, 0.4) is 0 Å². The van der Waals surface area contributed by atoms with Gasteiger partial charge in [-0.3, -0.25) is 4.79 Å². The lowest BCUT2D eigenvalue weighted by molar-refractivity contribution is -0.670. The molecule has 1 aliphatic rings. The lowest BCUT2D eigenvalue weighted by Gasteiger charge is -2.19. The maximum atomic E-state index is 13.4. The van der Waals surface area contributed by atoms with Gasteiger partial charge in [0, 0.05) is 24.1 Å². The zero-order valence-electron chi connectivity index (χ0n) is 23.0. The van der Waals surface area contributed by atoms with Crippen LogP contribution in [0.4, 0.5) is 5.69 Å². The summed E-state index contributed by atoms with van der Waals surface area (Å²) in [5, 5.41) is 5.50. The second kappa shape index (κ2) is 12.1. The van der Waals surface area contributed by atoms with Gasteiger partial charge in [0.1, 0.15) is 6.04 Å². The first-order valence-electron chi connectivity index (χ1n) is 12.7. The molecule has 38 heavy (non-hydrogen) atoms. The summed E-state index contributed by atoms with van der Waals surface area (Å²) in [7, 11) is 10.1. The molecule has 8 nitrogen and oxygen atoms in total. The van der Waals surface area contributed by atoms with Crippen molar-refractivity contribution in [2.45, 2.75) is 25.3 Å². The second-order valence-electron chi connectivity index (χ2n) is 9.15. The Bertz CT molecular complexity index is 1360. The molecule has 0 saturated heterocycles. The summed E-state index contributed by atoms with van der Waals surface area (Å²) < 4.78 is 27.9. The number of hydrogen-bond donors (Lipinski definition) is 2. The molecule has 3 aromatic carbocycles. The Kier molecular flexibility index (Phi) is 8.63. The quantitative estimate of drug-likeness (QED) is 0.421. The topological polar surface area (TPSA) is 91.9 Å². The van der Waals surface area contributed by atoms with Crippen LogP contribution >= 0.6 is 0 Å².